The Morgan fingerprint density at radius 3 is 2.20 bits per heavy atom. The van der Waals surface area contributed by atoms with Crippen LogP contribution in [0, 0.1) is 0 Å². The van der Waals surface area contributed by atoms with Crippen LogP contribution in [0.3, 0.4) is 0 Å². The zero-order valence-corrected chi connectivity index (χ0v) is 12.8. The minimum absolute atomic E-state index is 0.125. The van der Waals surface area contributed by atoms with E-state index in [0.717, 1.165) is 13.1 Å². The lowest BCUT2D eigenvalue weighted by Gasteiger charge is -2.32. The van der Waals surface area contributed by atoms with Gasteiger partial charge in [0.2, 0.25) is 0 Å². The van der Waals surface area contributed by atoms with Crippen LogP contribution >= 0.6 is 0 Å². The monoisotopic (exact) mass is 273 g/mol. The first-order valence-electron chi connectivity index (χ1n) is 7.52. The van der Waals surface area contributed by atoms with Crippen molar-refractivity contribution in [1.29, 1.82) is 0 Å². The third kappa shape index (κ3) is 2.30. The predicted molar refractivity (Wildman–Crippen MR) is 81.9 cm³/mol. The lowest BCUT2D eigenvalue weighted by Crippen LogP contribution is -2.41. The second-order valence-electron chi connectivity index (χ2n) is 6.96. The van der Waals surface area contributed by atoms with Gasteiger partial charge in [-0.3, -0.25) is 0 Å². The van der Waals surface area contributed by atoms with Crippen molar-refractivity contribution < 1.29 is 9.31 Å². The molecule has 0 aromatic heterocycles. The van der Waals surface area contributed by atoms with Crippen molar-refractivity contribution in [2.45, 2.75) is 50.6 Å². The van der Waals surface area contributed by atoms with Gasteiger partial charge in [0.15, 0.2) is 0 Å². The van der Waals surface area contributed by atoms with Gasteiger partial charge in [-0.15, -0.1) is 0 Å². The zero-order valence-electron chi connectivity index (χ0n) is 12.8. The van der Waals surface area contributed by atoms with E-state index in [9.17, 15) is 0 Å². The molecule has 1 aromatic rings. The minimum Gasteiger partial charge on any atom is -0.403 e. The zero-order chi connectivity index (χ0) is 14.4. The van der Waals surface area contributed by atoms with E-state index in [1.165, 1.54) is 5.56 Å². The summed E-state index contributed by atoms with van der Waals surface area (Å²) in [6.07, 6.45) is 0. The lowest BCUT2D eigenvalue weighted by molar-refractivity contribution is 0.00578. The van der Waals surface area contributed by atoms with E-state index in [4.69, 9.17) is 9.31 Å². The summed E-state index contributed by atoms with van der Waals surface area (Å²) in [6, 6.07) is 10.7. The average molecular weight is 273 g/mol. The minimum atomic E-state index is -0.249. The summed E-state index contributed by atoms with van der Waals surface area (Å²) >= 11 is 0. The van der Waals surface area contributed by atoms with Crippen molar-refractivity contribution >= 4 is 7.12 Å². The summed E-state index contributed by atoms with van der Waals surface area (Å²) < 4.78 is 12.5. The normalized spacial score (nSPS) is 31.7. The van der Waals surface area contributed by atoms with Crippen molar-refractivity contribution in [3.8, 4) is 0 Å². The smallest absolute Gasteiger partial charge is 0.403 e. The van der Waals surface area contributed by atoms with Crippen molar-refractivity contribution in [3.63, 3.8) is 0 Å². The Labute approximate surface area is 122 Å². The van der Waals surface area contributed by atoms with Crippen molar-refractivity contribution in [2.24, 2.45) is 0 Å². The van der Waals surface area contributed by atoms with Gasteiger partial charge in [0, 0.05) is 12.4 Å². The van der Waals surface area contributed by atoms with E-state index in [1.807, 2.05) is 0 Å². The van der Waals surface area contributed by atoms with Gasteiger partial charge in [0.1, 0.15) is 0 Å². The Balaban J connectivity index is 1.81. The van der Waals surface area contributed by atoms with Gasteiger partial charge in [0.05, 0.1) is 11.2 Å². The molecule has 108 valence electrons. The molecule has 0 radical (unpaired) electrons. The Bertz CT molecular complexity index is 459. The molecule has 2 aliphatic rings. The van der Waals surface area contributed by atoms with E-state index in [-0.39, 0.29) is 18.3 Å². The van der Waals surface area contributed by atoms with E-state index < -0.39 is 0 Å². The number of hydrogen-bond donors (Lipinski definition) is 1. The maximum atomic E-state index is 6.24. The van der Waals surface area contributed by atoms with Crippen LogP contribution in [-0.4, -0.2) is 31.4 Å². The van der Waals surface area contributed by atoms with Gasteiger partial charge < -0.3 is 14.6 Å². The Kier molecular flexibility index (Phi) is 3.43. The summed E-state index contributed by atoms with van der Waals surface area (Å²) in [6.45, 7) is 10.4. The molecule has 3 nitrogen and oxygen atoms in total. The van der Waals surface area contributed by atoms with Gasteiger partial charge in [-0.05, 0) is 45.7 Å². The summed E-state index contributed by atoms with van der Waals surface area (Å²) in [4.78, 5) is 0. The average Bonchev–Trinajstić information content (AvgIpc) is 2.94. The molecule has 0 amide bonds. The molecule has 0 aliphatic carbocycles. The first-order valence-corrected chi connectivity index (χ1v) is 7.52. The summed E-state index contributed by atoms with van der Waals surface area (Å²) in [5.41, 5.74) is 0.875. The Hall–Kier alpha value is -0.835. The van der Waals surface area contributed by atoms with Crippen LogP contribution in [0.4, 0.5) is 0 Å². The molecule has 1 N–H and O–H groups in total. The Morgan fingerprint density at radius 1 is 1.00 bits per heavy atom. The third-order valence-electron chi connectivity index (χ3n) is 5.11. The molecule has 0 bridgehead atoms. The molecular formula is C16H24BNO2. The van der Waals surface area contributed by atoms with E-state index in [1.54, 1.807) is 0 Å². The van der Waals surface area contributed by atoms with Crippen LogP contribution in [0.5, 0.6) is 0 Å². The van der Waals surface area contributed by atoms with Gasteiger partial charge in [-0.25, -0.2) is 0 Å². The fourth-order valence-electron chi connectivity index (χ4n) is 3.11. The number of benzene rings is 1. The SMILES string of the molecule is CC1(C)OB([C@@H]2CNC[C@H]2c2ccccc2)OC1(C)C. The van der Waals surface area contributed by atoms with E-state index in [0.29, 0.717) is 11.7 Å². The van der Waals surface area contributed by atoms with E-state index >= 15 is 0 Å². The second-order valence-corrected chi connectivity index (χ2v) is 6.96. The highest BCUT2D eigenvalue weighted by atomic mass is 16.7. The lowest BCUT2D eigenvalue weighted by atomic mass is 9.65. The largest absolute Gasteiger partial charge is 0.463 e. The number of hydrogen-bond acceptors (Lipinski definition) is 3. The van der Waals surface area contributed by atoms with Crippen LogP contribution in [0.25, 0.3) is 0 Å². The number of rotatable bonds is 2. The molecule has 2 atom stereocenters. The molecule has 2 saturated heterocycles. The van der Waals surface area contributed by atoms with Crippen molar-refractivity contribution in [3.05, 3.63) is 35.9 Å². The fraction of sp³-hybridized carbons (Fsp3) is 0.625. The Morgan fingerprint density at radius 2 is 1.60 bits per heavy atom. The van der Waals surface area contributed by atoms with Crippen molar-refractivity contribution in [1.82, 2.24) is 5.32 Å². The van der Waals surface area contributed by atoms with Gasteiger partial charge in [-0.2, -0.15) is 0 Å². The van der Waals surface area contributed by atoms with Gasteiger partial charge in [-0.1, -0.05) is 30.3 Å². The summed E-state index contributed by atoms with van der Waals surface area (Å²) in [5.74, 6) is 0.837. The first kappa shape index (κ1) is 14.1. The van der Waals surface area contributed by atoms with Crippen LogP contribution < -0.4 is 5.32 Å². The van der Waals surface area contributed by atoms with Gasteiger partial charge in [0.25, 0.3) is 0 Å². The fourth-order valence-corrected chi connectivity index (χ4v) is 3.11. The maximum absolute atomic E-state index is 6.24. The third-order valence-corrected chi connectivity index (χ3v) is 5.11. The first-order chi connectivity index (χ1) is 9.41. The molecular weight excluding hydrogens is 249 g/mol. The quantitative estimate of drug-likeness (QED) is 0.840. The molecule has 0 saturated carbocycles. The molecule has 3 rings (SSSR count). The summed E-state index contributed by atoms with van der Waals surface area (Å²) in [5, 5.41) is 3.49. The molecule has 2 aliphatic heterocycles. The predicted octanol–water partition coefficient (Wildman–Crippen LogP) is 2.84. The molecule has 2 heterocycles. The van der Waals surface area contributed by atoms with Crippen LogP contribution in [-0.2, 0) is 9.31 Å². The molecule has 2 fully saturated rings. The summed E-state index contributed by atoms with van der Waals surface area (Å²) in [7, 11) is -0.125. The second kappa shape index (κ2) is 4.87. The standard InChI is InChI=1S/C16H24BNO2/c1-15(2)16(3,4)20-17(19-15)14-11-18-10-13(14)12-8-6-5-7-9-12/h5-9,13-14,18H,10-11H2,1-4H3/t13-,14+/m0/s1. The number of nitrogens with one attached hydrogen (secondary N) is 1. The molecule has 0 unspecified atom stereocenters. The van der Waals surface area contributed by atoms with Crippen LogP contribution in [0.1, 0.15) is 39.2 Å². The highest BCUT2D eigenvalue weighted by molar-refractivity contribution is 6.48. The van der Waals surface area contributed by atoms with Gasteiger partial charge >= 0.3 is 7.12 Å². The maximum Gasteiger partial charge on any atom is 0.463 e. The molecule has 1 aromatic carbocycles. The molecule has 20 heavy (non-hydrogen) atoms. The highest BCUT2D eigenvalue weighted by Gasteiger charge is 2.55. The molecule has 0 spiro atoms. The highest BCUT2D eigenvalue weighted by Crippen LogP contribution is 2.45. The van der Waals surface area contributed by atoms with Crippen molar-refractivity contribution in [2.75, 3.05) is 13.1 Å². The van der Waals surface area contributed by atoms with Crippen LogP contribution in [0.15, 0.2) is 30.3 Å². The van der Waals surface area contributed by atoms with Crippen LogP contribution in [0.2, 0.25) is 5.82 Å². The van der Waals surface area contributed by atoms with E-state index in [2.05, 4.69) is 63.3 Å². The topological polar surface area (TPSA) is 30.5 Å². The molecule has 4 heteroatoms.